The van der Waals surface area contributed by atoms with Crippen LogP contribution in [-0.4, -0.2) is 12.3 Å². The van der Waals surface area contributed by atoms with E-state index in [1.165, 1.54) is 0 Å². The van der Waals surface area contributed by atoms with Crippen molar-refractivity contribution in [2.75, 3.05) is 6.54 Å². The SMILES string of the molecule is NCC(=O)Cc1cc2ccccc2o1. The molecule has 1 aromatic heterocycles. The summed E-state index contributed by atoms with van der Waals surface area (Å²) in [5.41, 5.74) is 6.04. The smallest absolute Gasteiger partial charge is 0.153 e. The Morgan fingerprint density at radius 1 is 1.36 bits per heavy atom. The highest BCUT2D eigenvalue weighted by molar-refractivity contribution is 5.84. The molecule has 1 aromatic carbocycles. The van der Waals surface area contributed by atoms with E-state index in [1.54, 1.807) is 0 Å². The zero-order valence-corrected chi connectivity index (χ0v) is 7.69. The average molecular weight is 189 g/mol. The Labute approximate surface area is 81.5 Å². The topological polar surface area (TPSA) is 56.2 Å². The molecule has 0 saturated heterocycles. The number of hydrogen-bond acceptors (Lipinski definition) is 3. The number of hydrogen-bond donors (Lipinski definition) is 1. The van der Waals surface area contributed by atoms with Crippen LogP contribution in [0.1, 0.15) is 5.76 Å². The number of fused-ring (bicyclic) bond motifs is 1. The Morgan fingerprint density at radius 2 is 2.14 bits per heavy atom. The quantitative estimate of drug-likeness (QED) is 0.796. The van der Waals surface area contributed by atoms with Gasteiger partial charge in [0.1, 0.15) is 11.3 Å². The van der Waals surface area contributed by atoms with Gasteiger partial charge in [-0.1, -0.05) is 18.2 Å². The molecule has 2 rings (SSSR count). The van der Waals surface area contributed by atoms with Gasteiger partial charge in [-0.2, -0.15) is 0 Å². The van der Waals surface area contributed by atoms with Crippen LogP contribution < -0.4 is 5.73 Å². The maximum absolute atomic E-state index is 11.1. The lowest BCUT2D eigenvalue weighted by Crippen LogP contribution is -2.15. The first kappa shape index (κ1) is 8.97. The first-order valence-corrected chi connectivity index (χ1v) is 4.49. The summed E-state index contributed by atoms with van der Waals surface area (Å²) in [6, 6.07) is 9.55. The van der Waals surface area contributed by atoms with E-state index in [9.17, 15) is 4.79 Å². The van der Waals surface area contributed by atoms with Crippen molar-refractivity contribution in [1.82, 2.24) is 0 Å². The van der Waals surface area contributed by atoms with Gasteiger partial charge in [-0.15, -0.1) is 0 Å². The molecule has 0 fully saturated rings. The van der Waals surface area contributed by atoms with E-state index in [4.69, 9.17) is 10.2 Å². The van der Waals surface area contributed by atoms with Crippen LogP contribution in [0.2, 0.25) is 0 Å². The Kier molecular flexibility index (Phi) is 2.33. The number of nitrogens with two attached hydrogens (primary N) is 1. The summed E-state index contributed by atoms with van der Waals surface area (Å²) in [5, 5.41) is 1.02. The molecule has 0 atom stereocenters. The Morgan fingerprint density at radius 3 is 2.86 bits per heavy atom. The van der Waals surface area contributed by atoms with Crippen molar-refractivity contribution in [1.29, 1.82) is 0 Å². The Bertz CT molecular complexity index is 426. The van der Waals surface area contributed by atoms with Crippen LogP contribution in [0.25, 0.3) is 11.0 Å². The Hall–Kier alpha value is -1.61. The summed E-state index contributed by atoms with van der Waals surface area (Å²) in [7, 11) is 0. The third-order valence-electron chi connectivity index (χ3n) is 2.08. The molecule has 72 valence electrons. The molecular weight excluding hydrogens is 178 g/mol. The lowest BCUT2D eigenvalue weighted by molar-refractivity contribution is -0.117. The fraction of sp³-hybridized carbons (Fsp3) is 0.182. The van der Waals surface area contributed by atoms with Gasteiger partial charge >= 0.3 is 0 Å². The van der Waals surface area contributed by atoms with Gasteiger partial charge in [-0.05, 0) is 12.1 Å². The van der Waals surface area contributed by atoms with Crippen LogP contribution in [0.4, 0.5) is 0 Å². The van der Waals surface area contributed by atoms with Crippen molar-refractivity contribution in [3.05, 3.63) is 36.1 Å². The van der Waals surface area contributed by atoms with E-state index >= 15 is 0 Å². The number of carbonyl (C=O) groups is 1. The van der Waals surface area contributed by atoms with Crippen molar-refractivity contribution in [2.24, 2.45) is 5.73 Å². The minimum atomic E-state index is -0.0101. The van der Waals surface area contributed by atoms with Crippen LogP contribution in [0.15, 0.2) is 34.7 Å². The van der Waals surface area contributed by atoms with E-state index in [0.29, 0.717) is 5.76 Å². The second-order valence-corrected chi connectivity index (χ2v) is 3.17. The summed E-state index contributed by atoms with van der Waals surface area (Å²) in [6.45, 7) is 0.0665. The molecule has 0 bridgehead atoms. The zero-order valence-electron chi connectivity index (χ0n) is 7.69. The van der Waals surface area contributed by atoms with E-state index in [2.05, 4.69) is 0 Å². The molecule has 2 N–H and O–H groups in total. The first-order chi connectivity index (χ1) is 6.79. The molecule has 0 aliphatic rings. The molecule has 2 aromatic rings. The standard InChI is InChI=1S/C11H11NO2/c12-7-9(13)6-10-5-8-3-1-2-4-11(8)14-10/h1-5H,6-7,12H2. The number of ketones is 1. The molecule has 0 unspecified atom stereocenters. The first-order valence-electron chi connectivity index (χ1n) is 4.49. The van der Waals surface area contributed by atoms with Crippen molar-refractivity contribution in [3.8, 4) is 0 Å². The zero-order chi connectivity index (χ0) is 9.97. The van der Waals surface area contributed by atoms with Crippen molar-refractivity contribution in [2.45, 2.75) is 6.42 Å². The molecule has 0 radical (unpaired) electrons. The molecule has 0 amide bonds. The Balaban J connectivity index is 2.31. The second kappa shape index (κ2) is 3.64. The fourth-order valence-corrected chi connectivity index (χ4v) is 1.39. The monoisotopic (exact) mass is 189 g/mol. The number of benzene rings is 1. The van der Waals surface area contributed by atoms with Crippen LogP contribution >= 0.6 is 0 Å². The summed E-state index contributed by atoms with van der Waals surface area (Å²) < 4.78 is 5.46. The fourth-order valence-electron chi connectivity index (χ4n) is 1.39. The van der Waals surface area contributed by atoms with E-state index in [0.717, 1.165) is 11.0 Å². The van der Waals surface area contributed by atoms with Gasteiger partial charge < -0.3 is 10.2 Å². The summed E-state index contributed by atoms with van der Waals surface area (Å²) in [5.74, 6) is 0.672. The molecule has 0 spiro atoms. The molecule has 1 heterocycles. The predicted molar refractivity (Wildman–Crippen MR) is 54.0 cm³/mol. The van der Waals surface area contributed by atoms with Crippen molar-refractivity contribution >= 4 is 16.8 Å². The summed E-state index contributed by atoms with van der Waals surface area (Å²) >= 11 is 0. The molecule has 0 aliphatic heterocycles. The van der Waals surface area contributed by atoms with E-state index < -0.39 is 0 Å². The molecule has 0 aliphatic carbocycles. The van der Waals surface area contributed by atoms with Gasteiger partial charge in [0.2, 0.25) is 0 Å². The molecule has 0 saturated carbocycles. The maximum Gasteiger partial charge on any atom is 0.153 e. The van der Waals surface area contributed by atoms with Crippen LogP contribution in [0, 0.1) is 0 Å². The molecule has 14 heavy (non-hydrogen) atoms. The second-order valence-electron chi connectivity index (χ2n) is 3.17. The average Bonchev–Trinajstić information content (AvgIpc) is 2.59. The number of para-hydroxylation sites is 1. The van der Waals surface area contributed by atoms with Crippen molar-refractivity contribution in [3.63, 3.8) is 0 Å². The maximum atomic E-state index is 11.1. The van der Waals surface area contributed by atoms with E-state index in [-0.39, 0.29) is 18.7 Å². The number of rotatable bonds is 3. The van der Waals surface area contributed by atoms with E-state index in [1.807, 2.05) is 30.3 Å². The minimum absolute atomic E-state index is 0.0101. The van der Waals surface area contributed by atoms with Gasteiger partial charge in [0.25, 0.3) is 0 Å². The van der Waals surface area contributed by atoms with Gasteiger partial charge in [-0.3, -0.25) is 4.79 Å². The predicted octanol–water partition coefficient (Wildman–Crippen LogP) is 1.50. The highest BCUT2D eigenvalue weighted by atomic mass is 16.3. The molecule has 3 heteroatoms. The summed E-state index contributed by atoms with van der Waals surface area (Å²) in [6.07, 6.45) is 0.283. The normalized spacial score (nSPS) is 10.6. The van der Waals surface area contributed by atoms with Crippen LogP contribution in [0.5, 0.6) is 0 Å². The number of furan rings is 1. The summed E-state index contributed by atoms with van der Waals surface area (Å²) in [4.78, 5) is 11.1. The molecular formula is C11H11NO2. The third-order valence-corrected chi connectivity index (χ3v) is 2.08. The van der Waals surface area contributed by atoms with Crippen molar-refractivity contribution < 1.29 is 9.21 Å². The third kappa shape index (κ3) is 1.67. The highest BCUT2D eigenvalue weighted by Crippen LogP contribution is 2.18. The van der Waals surface area contributed by atoms with Gasteiger partial charge in [0.05, 0.1) is 13.0 Å². The highest BCUT2D eigenvalue weighted by Gasteiger charge is 2.06. The largest absolute Gasteiger partial charge is 0.461 e. The van der Waals surface area contributed by atoms with Crippen LogP contribution in [0.3, 0.4) is 0 Å². The molecule has 3 nitrogen and oxygen atoms in total. The van der Waals surface area contributed by atoms with Crippen LogP contribution in [-0.2, 0) is 11.2 Å². The lowest BCUT2D eigenvalue weighted by Gasteiger charge is -1.91. The number of Topliss-reactive ketones (excluding diaryl/α,β-unsaturated/α-hetero) is 1. The lowest BCUT2D eigenvalue weighted by atomic mass is 10.2. The van der Waals surface area contributed by atoms with Gasteiger partial charge in [0.15, 0.2) is 5.78 Å². The number of carbonyl (C=O) groups excluding carboxylic acids is 1. The minimum Gasteiger partial charge on any atom is -0.461 e. The van der Waals surface area contributed by atoms with Gasteiger partial charge in [0, 0.05) is 5.39 Å². The van der Waals surface area contributed by atoms with Gasteiger partial charge in [-0.25, -0.2) is 0 Å².